The van der Waals surface area contributed by atoms with Gasteiger partial charge in [0.15, 0.2) is 6.10 Å². The van der Waals surface area contributed by atoms with Crippen molar-refractivity contribution in [2.75, 3.05) is 19.0 Å². The van der Waals surface area contributed by atoms with E-state index in [9.17, 15) is 19.7 Å². The second-order valence-corrected chi connectivity index (χ2v) is 6.13. The molecule has 26 heavy (non-hydrogen) atoms. The number of anilines is 1. The third kappa shape index (κ3) is 4.24. The first kappa shape index (κ1) is 19.1. The van der Waals surface area contributed by atoms with Crippen molar-refractivity contribution in [3.63, 3.8) is 0 Å². The predicted octanol–water partition coefficient (Wildman–Crippen LogP) is 3.40. The molecule has 7 heteroatoms. The molecule has 136 valence electrons. The predicted molar refractivity (Wildman–Crippen MR) is 97.8 cm³/mol. The average molecular weight is 356 g/mol. The van der Waals surface area contributed by atoms with Crippen molar-refractivity contribution in [1.82, 2.24) is 0 Å². The fourth-order valence-corrected chi connectivity index (χ4v) is 2.42. The Labute approximate surface area is 151 Å². The van der Waals surface area contributed by atoms with Crippen molar-refractivity contribution in [3.05, 3.63) is 69.3 Å². The second kappa shape index (κ2) is 7.77. The number of nitrogens with zero attached hydrogens (tertiary/aromatic N) is 2. The van der Waals surface area contributed by atoms with Gasteiger partial charge in [-0.2, -0.15) is 0 Å². The largest absolute Gasteiger partial charge is 0.451 e. The summed E-state index contributed by atoms with van der Waals surface area (Å²) in [6.45, 7) is 3.38. The van der Waals surface area contributed by atoms with Crippen LogP contribution < -0.4 is 4.90 Å². The summed E-state index contributed by atoms with van der Waals surface area (Å²) in [4.78, 5) is 37.0. The van der Waals surface area contributed by atoms with Crippen molar-refractivity contribution < 1.29 is 19.2 Å². The number of Topliss-reactive ketones (excluding diaryl/α,β-unsaturated/α-hetero) is 1. The number of aryl methyl sites for hydroxylation is 1. The van der Waals surface area contributed by atoms with Crippen LogP contribution in [0.15, 0.2) is 42.5 Å². The van der Waals surface area contributed by atoms with Crippen LogP contribution in [-0.2, 0) is 4.74 Å². The van der Waals surface area contributed by atoms with Gasteiger partial charge in [0.1, 0.15) is 0 Å². The standard InChI is InChI=1S/C19H20N2O5/c1-12-5-7-14(8-6-12)18(22)13(2)26-19(23)16-11-15(21(24)25)9-10-17(16)20(3)4/h5-11,13H,1-4H3/t13-/m1/s1. The smallest absolute Gasteiger partial charge is 0.341 e. The van der Waals surface area contributed by atoms with Gasteiger partial charge in [-0.25, -0.2) is 4.79 Å². The van der Waals surface area contributed by atoms with Crippen LogP contribution in [0.1, 0.15) is 33.2 Å². The number of hydrogen-bond donors (Lipinski definition) is 0. The van der Waals surface area contributed by atoms with Crippen molar-refractivity contribution in [1.29, 1.82) is 0 Å². The summed E-state index contributed by atoms with van der Waals surface area (Å²) in [6, 6.07) is 10.9. The van der Waals surface area contributed by atoms with E-state index in [1.807, 2.05) is 6.92 Å². The maximum absolute atomic E-state index is 12.5. The van der Waals surface area contributed by atoms with Crippen LogP contribution in [-0.4, -0.2) is 36.9 Å². The Morgan fingerprint density at radius 1 is 1.12 bits per heavy atom. The van der Waals surface area contributed by atoms with E-state index in [-0.39, 0.29) is 17.0 Å². The first-order valence-corrected chi connectivity index (χ1v) is 7.98. The minimum absolute atomic E-state index is 0.0350. The Hall–Kier alpha value is -3.22. The number of rotatable bonds is 6. The van der Waals surface area contributed by atoms with E-state index < -0.39 is 17.0 Å². The molecule has 0 aliphatic heterocycles. The fourth-order valence-electron chi connectivity index (χ4n) is 2.42. The normalized spacial score (nSPS) is 11.5. The highest BCUT2D eigenvalue weighted by molar-refractivity contribution is 6.02. The van der Waals surface area contributed by atoms with E-state index in [0.717, 1.165) is 11.6 Å². The zero-order chi connectivity index (χ0) is 19.4. The maximum Gasteiger partial charge on any atom is 0.341 e. The van der Waals surface area contributed by atoms with Crippen LogP contribution in [0.25, 0.3) is 0 Å². The molecule has 0 N–H and O–H groups in total. The molecule has 0 heterocycles. The van der Waals surface area contributed by atoms with E-state index >= 15 is 0 Å². The van der Waals surface area contributed by atoms with Gasteiger partial charge in [-0.1, -0.05) is 29.8 Å². The second-order valence-electron chi connectivity index (χ2n) is 6.13. The third-order valence-corrected chi connectivity index (χ3v) is 3.88. The van der Waals surface area contributed by atoms with Crippen LogP contribution >= 0.6 is 0 Å². The number of esters is 1. The van der Waals surface area contributed by atoms with Crippen molar-refractivity contribution in [2.45, 2.75) is 20.0 Å². The summed E-state index contributed by atoms with van der Waals surface area (Å²) in [5, 5.41) is 11.0. The molecule has 2 aromatic rings. The summed E-state index contributed by atoms with van der Waals surface area (Å²) in [6.07, 6.45) is -1.01. The molecule has 0 aromatic heterocycles. The van der Waals surface area contributed by atoms with Gasteiger partial charge in [-0.05, 0) is 19.9 Å². The number of ether oxygens (including phenoxy) is 1. The maximum atomic E-state index is 12.5. The van der Waals surface area contributed by atoms with Gasteiger partial charge in [-0.15, -0.1) is 0 Å². The molecule has 0 saturated heterocycles. The van der Waals surface area contributed by atoms with Crippen molar-refractivity contribution in [3.8, 4) is 0 Å². The number of carbonyl (C=O) groups is 2. The molecule has 2 aromatic carbocycles. The minimum Gasteiger partial charge on any atom is -0.451 e. The molecule has 0 aliphatic rings. The first-order chi connectivity index (χ1) is 12.2. The van der Waals surface area contributed by atoms with Crippen molar-refractivity contribution in [2.24, 2.45) is 0 Å². The Morgan fingerprint density at radius 3 is 2.27 bits per heavy atom. The molecule has 0 bridgehead atoms. The average Bonchev–Trinajstić information content (AvgIpc) is 2.60. The van der Waals surface area contributed by atoms with Gasteiger partial charge in [-0.3, -0.25) is 14.9 Å². The van der Waals surface area contributed by atoms with Crippen LogP contribution in [0.2, 0.25) is 0 Å². The molecule has 0 saturated carbocycles. The summed E-state index contributed by atoms with van der Waals surface area (Å²) < 4.78 is 5.27. The molecular formula is C19H20N2O5. The number of carbonyl (C=O) groups excluding carboxylic acids is 2. The summed E-state index contributed by atoms with van der Waals surface area (Å²) >= 11 is 0. The molecule has 0 fully saturated rings. The number of hydrogen-bond acceptors (Lipinski definition) is 6. The highest BCUT2D eigenvalue weighted by Crippen LogP contribution is 2.25. The van der Waals surface area contributed by atoms with E-state index in [2.05, 4.69) is 0 Å². The van der Waals surface area contributed by atoms with Gasteiger partial charge < -0.3 is 9.64 Å². The summed E-state index contributed by atoms with van der Waals surface area (Å²) in [5.41, 5.74) is 1.73. The van der Waals surface area contributed by atoms with Crippen molar-refractivity contribution >= 4 is 23.1 Å². The van der Waals surface area contributed by atoms with Gasteiger partial charge >= 0.3 is 5.97 Å². The number of nitro benzene ring substituents is 1. The molecule has 0 unspecified atom stereocenters. The third-order valence-electron chi connectivity index (χ3n) is 3.88. The topological polar surface area (TPSA) is 89.8 Å². The lowest BCUT2D eigenvalue weighted by atomic mass is 10.1. The number of non-ortho nitro benzene ring substituents is 1. The Bertz CT molecular complexity index is 844. The van der Waals surface area contributed by atoms with Crippen LogP contribution in [0.4, 0.5) is 11.4 Å². The number of ketones is 1. The van der Waals surface area contributed by atoms with Gasteiger partial charge in [0.05, 0.1) is 16.2 Å². The number of nitro groups is 1. The highest BCUT2D eigenvalue weighted by Gasteiger charge is 2.24. The van der Waals surface area contributed by atoms with E-state index in [0.29, 0.717) is 11.3 Å². The molecule has 0 amide bonds. The molecule has 0 aliphatic carbocycles. The zero-order valence-corrected chi connectivity index (χ0v) is 15.1. The quantitative estimate of drug-likeness (QED) is 0.341. The summed E-state index contributed by atoms with van der Waals surface area (Å²) in [7, 11) is 3.41. The lowest BCUT2D eigenvalue weighted by Gasteiger charge is -2.18. The molecule has 2 rings (SSSR count). The molecular weight excluding hydrogens is 336 g/mol. The van der Waals surface area contributed by atoms with Crippen LogP contribution in [0.5, 0.6) is 0 Å². The first-order valence-electron chi connectivity index (χ1n) is 7.98. The van der Waals surface area contributed by atoms with E-state index in [1.165, 1.54) is 19.1 Å². The Balaban J connectivity index is 2.25. The summed E-state index contributed by atoms with van der Waals surface area (Å²) in [5.74, 6) is -1.12. The van der Waals surface area contributed by atoms with Gasteiger partial charge in [0.25, 0.3) is 5.69 Å². The Kier molecular flexibility index (Phi) is 5.71. The fraction of sp³-hybridized carbons (Fsp3) is 0.263. The Morgan fingerprint density at radius 2 is 1.73 bits per heavy atom. The monoisotopic (exact) mass is 356 g/mol. The molecule has 1 atom stereocenters. The van der Waals surface area contributed by atoms with Crippen LogP contribution in [0.3, 0.4) is 0 Å². The van der Waals surface area contributed by atoms with E-state index in [4.69, 9.17) is 4.74 Å². The lowest BCUT2D eigenvalue weighted by molar-refractivity contribution is -0.384. The van der Waals surface area contributed by atoms with E-state index in [1.54, 1.807) is 43.3 Å². The SMILES string of the molecule is Cc1ccc(C(=O)[C@@H](C)OC(=O)c2cc([N+](=O)[O-])ccc2N(C)C)cc1. The molecule has 7 nitrogen and oxygen atoms in total. The molecule has 0 radical (unpaired) electrons. The number of benzene rings is 2. The minimum atomic E-state index is -1.01. The highest BCUT2D eigenvalue weighted by atomic mass is 16.6. The van der Waals surface area contributed by atoms with Crippen LogP contribution in [0, 0.1) is 17.0 Å². The van der Waals surface area contributed by atoms with Gasteiger partial charge in [0.2, 0.25) is 5.78 Å². The van der Waals surface area contributed by atoms with Gasteiger partial charge in [0, 0.05) is 31.8 Å². The molecule has 0 spiro atoms. The lowest BCUT2D eigenvalue weighted by Crippen LogP contribution is -2.25. The zero-order valence-electron chi connectivity index (χ0n) is 15.1.